The van der Waals surface area contributed by atoms with Gasteiger partial charge in [0, 0.05) is 36.6 Å². The van der Waals surface area contributed by atoms with Crippen LogP contribution in [0, 0.1) is 0 Å². The van der Waals surface area contributed by atoms with Crippen LogP contribution in [0.25, 0.3) is 0 Å². The molecule has 2 unspecified atom stereocenters. The Labute approximate surface area is 95.8 Å². The van der Waals surface area contributed by atoms with Crippen LogP contribution in [0.3, 0.4) is 0 Å². The van der Waals surface area contributed by atoms with Crippen LogP contribution < -0.4 is 11.1 Å². The first-order valence-electron chi connectivity index (χ1n) is 6.05. The van der Waals surface area contributed by atoms with Gasteiger partial charge in [-0.05, 0) is 31.9 Å². The van der Waals surface area contributed by atoms with Gasteiger partial charge in [0.15, 0.2) is 0 Å². The van der Waals surface area contributed by atoms with Crippen LogP contribution in [0.1, 0.15) is 19.3 Å². The molecule has 0 amide bonds. The molecule has 2 aliphatic rings. The van der Waals surface area contributed by atoms with Gasteiger partial charge in [0.25, 0.3) is 0 Å². The van der Waals surface area contributed by atoms with Gasteiger partial charge in [0.1, 0.15) is 5.82 Å². The quantitative estimate of drug-likeness (QED) is 0.786. The molecule has 1 aromatic rings. The molecule has 4 nitrogen and oxygen atoms in total. The third kappa shape index (κ3) is 1.73. The first-order valence-corrected chi connectivity index (χ1v) is 6.05. The molecule has 0 saturated carbocycles. The van der Waals surface area contributed by atoms with Crippen molar-refractivity contribution >= 4 is 11.5 Å². The van der Waals surface area contributed by atoms with Crippen molar-refractivity contribution < 1.29 is 0 Å². The van der Waals surface area contributed by atoms with E-state index in [4.69, 9.17) is 5.73 Å². The van der Waals surface area contributed by atoms with Crippen molar-refractivity contribution in [2.75, 3.05) is 24.1 Å². The highest BCUT2D eigenvalue weighted by atomic mass is 15.2. The Kier molecular flexibility index (Phi) is 2.44. The molecule has 16 heavy (non-hydrogen) atoms. The summed E-state index contributed by atoms with van der Waals surface area (Å²) in [6.07, 6.45) is 5.65. The summed E-state index contributed by atoms with van der Waals surface area (Å²) in [5.74, 6) is 0.916. The van der Waals surface area contributed by atoms with E-state index in [1.165, 1.54) is 32.4 Å². The van der Waals surface area contributed by atoms with Crippen molar-refractivity contribution in [2.24, 2.45) is 0 Å². The number of anilines is 2. The summed E-state index contributed by atoms with van der Waals surface area (Å²) in [6, 6.07) is 5.00. The van der Waals surface area contributed by atoms with Gasteiger partial charge in [-0.25, -0.2) is 4.98 Å². The minimum absolute atomic E-state index is 0.553. The first-order chi connectivity index (χ1) is 7.83. The molecule has 0 aromatic carbocycles. The third-order valence-electron chi connectivity index (χ3n) is 3.72. The average Bonchev–Trinajstić information content (AvgIpc) is 2.83. The molecule has 86 valence electrons. The van der Waals surface area contributed by atoms with Gasteiger partial charge in [-0.1, -0.05) is 0 Å². The summed E-state index contributed by atoms with van der Waals surface area (Å²) >= 11 is 0. The molecule has 2 saturated heterocycles. The molecule has 3 rings (SSSR count). The normalized spacial score (nSPS) is 29.2. The lowest BCUT2D eigenvalue weighted by atomic mass is 10.1. The molecule has 0 radical (unpaired) electrons. The fourth-order valence-corrected chi connectivity index (χ4v) is 2.97. The summed E-state index contributed by atoms with van der Waals surface area (Å²) < 4.78 is 0. The number of aromatic nitrogens is 1. The smallest absolute Gasteiger partial charge is 0.128 e. The Morgan fingerprint density at radius 3 is 3.19 bits per heavy atom. The minimum atomic E-state index is 0.553. The van der Waals surface area contributed by atoms with E-state index in [1.54, 1.807) is 6.20 Å². The Balaban J connectivity index is 1.71. The largest absolute Gasteiger partial charge is 0.399 e. The zero-order chi connectivity index (χ0) is 11.0. The van der Waals surface area contributed by atoms with Crippen LogP contribution in [0.4, 0.5) is 11.5 Å². The molecule has 4 heteroatoms. The minimum Gasteiger partial charge on any atom is -0.399 e. The highest BCUT2D eigenvalue weighted by Gasteiger charge is 2.37. The molecule has 0 aliphatic carbocycles. The number of hydrogen-bond acceptors (Lipinski definition) is 4. The summed E-state index contributed by atoms with van der Waals surface area (Å²) in [6.45, 7) is 2.50. The number of nitrogens with zero attached hydrogens (tertiary/aromatic N) is 2. The molecular weight excluding hydrogens is 200 g/mol. The summed E-state index contributed by atoms with van der Waals surface area (Å²) in [5, 5.41) is 3.52. The third-order valence-corrected chi connectivity index (χ3v) is 3.72. The number of nitrogen functional groups attached to an aromatic ring is 1. The molecule has 0 spiro atoms. The van der Waals surface area contributed by atoms with Gasteiger partial charge in [-0.15, -0.1) is 0 Å². The summed E-state index contributed by atoms with van der Waals surface area (Å²) in [4.78, 5) is 6.89. The van der Waals surface area contributed by atoms with Gasteiger partial charge in [0.05, 0.1) is 0 Å². The van der Waals surface area contributed by atoms with Crippen molar-refractivity contribution in [3.63, 3.8) is 0 Å². The van der Waals surface area contributed by atoms with Crippen LogP contribution in [0.5, 0.6) is 0 Å². The van der Waals surface area contributed by atoms with Crippen LogP contribution in [0.15, 0.2) is 18.3 Å². The second-order valence-electron chi connectivity index (χ2n) is 4.76. The van der Waals surface area contributed by atoms with Crippen molar-refractivity contribution in [1.29, 1.82) is 0 Å². The van der Waals surface area contributed by atoms with Crippen LogP contribution in [0.2, 0.25) is 0 Å². The molecule has 2 fully saturated rings. The molecule has 3 heterocycles. The summed E-state index contributed by atoms with van der Waals surface area (Å²) in [7, 11) is 0. The molecule has 1 aromatic heterocycles. The monoisotopic (exact) mass is 218 g/mol. The lowest BCUT2D eigenvalue weighted by Gasteiger charge is -2.21. The molecule has 0 bridgehead atoms. The Morgan fingerprint density at radius 1 is 1.38 bits per heavy atom. The van der Waals surface area contributed by atoms with Gasteiger partial charge in [-0.2, -0.15) is 0 Å². The molecule has 3 N–H and O–H groups in total. The highest BCUT2D eigenvalue weighted by molar-refractivity contribution is 5.49. The Hall–Kier alpha value is -1.29. The van der Waals surface area contributed by atoms with Crippen LogP contribution in [-0.2, 0) is 0 Å². The van der Waals surface area contributed by atoms with Crippen molar-refractivity contribution in [3.8, 4) is 0 Å². The number of nitrogens with one attached hydrogen (secondary N) is 1. The standard InChI is InChI=1S/C12H18N4/c13-9-3-5-14-12(8-9)15-10-4-7-16-6-1-2-11(10)16/h3,5,8,10-11H,1-2,4,6-7H2,(H3,13,14,15). The molecule has 2 aliphatic heterocycles. The van der Waals surface area contributed by atoms with Crippen LogP contribution >= 0.6 is 0 Å². The SMILES string of the molecule is Nc1ccnc(NC2CCN3CCCC23)c1. The molecular formula is C12H18N4. The first kappa shape index (κ1) is 9.90. The number of hydrogen-bond donors (Lipinski definition) is 2. The van der Waals surface area contributed by atoms with Gasteiger partial charge in [0.2, 0.25) is 0 Å². The van der Waals surface area contributed by atoms with Crippen molar-refractivity contribution in [2.45, 2.75) is 31.3 Å². The summed E-state index contributed by atoms with van der Waals surface area (Å²) in [5.41, 5.74) is 6.53. The van der Waals surface area contributed by atoms with Gasteiger partial charge in [-0.3, -0.25) is 4.90 Å². The second kappa shape index (κ2) is 3.94. The maximum atomic E-state index is 5.75. The Bertz CT molecular complexity index is 379. The fraction of sp³-hybridized carbons (Fsp3) is 0.583. The number of rotatable bonds is 2. The fourth-order valence-electron chi connectivity index (χ4n) is 2.97. The van der Waals surface area contributed by atoms with Crippen molar-refractivity contribution in [1.82, 2.24) is 9.88 Å². The van der Waals surface area contributed by atoms with Crippen LogP contribution in [-0.4, -0.2) is 35.1 Å². The van der Waals surface area contributed by atoms with E-state index < -0.39 is 0 Å². The van der Waals surface area contributed by atoms with Gasteiger partial charge >= 0.3 is 0 Å². The second-order valence-corrected chi connectivity index (χ2v) is 4.76. The number of fused-ring (bicyclic) bond motifs is 1. The lowest BCUT2D eigenvalue weighted by Crippen LogP contribution is -2.33. The van der Waals surface area contributed by atoms with E-state index in [-0.39, 0.29) is 0 Å². The van der Waals surface area contributed by atoms with E-state index in [2.05, 4.69) is 15.2 Å². The van der Waals surface area contributed by atoms with E-state index in [0.29, 0.717) is 12.1 Å². The van der Waals surface area contributed by atoms with E-state index >= 15 is 0 Å². The number of nitrogens with two attached hydrogens (primary N) is 1. The Morgan fingerprint density at radius 2 is 2.31 bits per heavy atom. The maximum Gasteiger partial charge on any atom is 0.128 e. The zero-order valence-electron chi connectivity index (χ0n) is 9.39. The predicted octanol–water partition coefficient (Wildman–Crippen LogP) is 1.31. The average molecular weight is 218 g/mol. The lowest BCUT2D eigenvalue weighted by molar-refractivity contribution is 0.318. The maximum absolute atomic E-state index is 5.75. The number of pyridine rings is 1. The zero-order valence-corrected chi connectivity index (χ0v) is 9.39. The van der Waals surface area contributed by atoms with E-state index in [9.17, 15) is 0 Å². The highest BCUT2D eigenvalue weighted by Crippen LogP contribution is 2.29. The van der Waals surface area contributed by atoms with E-state index in [1.807, 2.05) is 12.1 Å². The van der Waals surface area contributed by atoms with Gasteiger partial charge < -0.3 is 11.1 Å². The van der Waals surface area contributed by atoms with E-state index in [0.717, 1.165) is 11.5 Å². The molecule has 2 atom stereocenters. The topological polar surface area (TPSA) is 54.2 Å². The predicted molar refractivity (Wildman–Crippen MR) is 65.3 cm³/mol. The van der Waals surface area contributed by atoms with Crippen molar-refractivity contribution in [3.05, 3.63) is 18.3 Å².